The number of aliphatic hydroxyl groups is 1. The molecule has 0 aliphatic carbocycles. The van der Waals surface area contributed by atoms with Crippen molar-refractivity contribution in [2.24, 2.45) is 0 Å². The van der Waals surface area contributed by atoms with Gasteiger partial charge in [-0.2, -0.15) is 0 Å². The Bertz CT molecular complexity index is 1090. The van der Waals surface area contributed by atoms with Crippen LogP contribution in [0.2, 0.25) is 0 Å². The molecule has 1 amide bonds. The molecule has 186 valence electrons. The van der Waals surface area contributed by atoms with Gasteiger partial charge in [-0.15, -0.1) is 0 Å². The fourth-order valence-corrected chi connectivity index (χ4v) is 4.05. The molecule has 0 radical (unpaired) electrons. The first-order chi connectivity index (χ1) is 16.9. The summed E-state index contributed by atoms with van der Waals surface area (Å²) in [7, 11) is 5.47. The third-order valence-corrected chi connectivity index (χ3v) is 5.77. The molecular weight excluding hydrogens is 444 g/mol. The second kappa shape index (κ2) is 12.2. The normalized spacial score (nSPS) is 16.0. The average molecular weight is 479 g/mol. The van der Waals surface area contributed by atoms with Crippen molar-refractivity contribution in [2.75, 3.05) is 40.9 Å². The molecule has 2 aromatic carbocycles. The molecular formula is C28H34N2O5. The lowest BCUT2D eigenvalue weighted by Gasteiger charge is -2.27. The SMILES string of the molecule is CCCOc1ccc(C2C(C(=O)/C=C/c3ccccc3)=C(O)C(=O)N2CCCN(C)C)cc1OC. The number of allylic oxidation sites excluding steroid dienone is 1. The summed E-state index contributed by atoms with van der Waals surface area (Å²) in [5, 5.41) is 10.8. The van der Waals surface area contributed by atoms with E-state index in [1.807, 2.05) is 62.3 Å². The number of amides is 1. The zero-order valence-corrected chi connectivity index (χ0v) is 20.9. The third kappa shape index (κ3) is 6.31. The van der Waals surface area contributed by atoms with E-state index in [1.165, 1.54) is 6.08 Å². The fourth-order valence-electron chi connectivity index (χ4n) is 4.05. The summed E-state index contributed by atoms with van der Waals surface area (Å²) in [6, 6.07) is 14.0. The number of ether oxygens (including phenoxy) is 2. The minimum atomic E-state index is -0.730. The molecule has 1 unspecified atom stereocenters. The zero-order valence-electron chi connectivity index (χ0n) is 20.9. The molecule has 1 aliphatic heterocycles. The molecule has 3 rings (SSSR count). The summed E-state index contributed by atoms with van der Waals surface area (Å²) in [6.07, 6.45) is 4.63. The van der Waals surface area contributed by atoms with Crippen molar-refractivity contribution in [1.29, 1.82) is 0 Å². The van der Waals surface area contributed by atoms with Crippen molar-refractivity contribution in [3.05, 3.63) is 77.1 Å². The fraction of sp³-hybridized carbons (Fsp3) is 0.357. The third-order valence-electron chi connectivity index (χ3n) is 5.77. The summed E-state index contributed by atoms with van der Waals surface area (Å²) in [5.41, 5.74) is 1.59. The first kappa shape index (κ1) is 26.0. The van der Waals surface area contributed by atoms with Gasteiger partial charge in [0.1, 0.15) is 0 Å². The van der Waals surface area contributed by atoms with Crippen LogP contribution in [0.1, 0.15) is 36.9 Å². The van der Waals surface area contributed by atoms with Crippen molar-refractivity contribution in [1.82, 2.24) is 9.80 Å². The standard InChI is InChI=1S/C28H34N2O5/c1-5-18-35-23-15-13-21(19-24(23)34-4)26-25(22(31)14-12-20-10-7-6-8-11-20)27(32)28(33)30(26)17-9-16-29(2)3/h6-8,10-15,19,26,32H,5,9,16-18H2,1-4H3/b14-12+. The predicted octanol–water partition coefficient (Wildman–Crippen LogP) is 4.41. The van der Waals surface area contributed by atoms with Crippen molar-refractivity contribution in [2.45, 2.75) is 25.8 Å². The molecule has 2 aromatic rings. The largest absolute Gasteiger partial charge is 0.503 e. The van der Waals surface area contributed by atoms with Gasteiger partial charge in [0.2, 0.25) is 0 Å². The molecule has 7 nitrogen and oxygen atoms in total. The molecule has 0 saturated carbocycles. The van der Waals surface area contributed by atoms with Crippen LogP contribution in [0.5, 0.6) is 11.5 Å². The number of benzene rings is 2. The van der Waals surface area contributed by atoms with Gasteiger partial charge in [0, 0.05) is 6.54 Å². The lowest BCUT2D eigenvalue weighted by molar-refractivity contribution is -0.129. The van der Waals surface area contributed by atoms with E-state index >= 15 is 0 Å². The van der Waals surface area contributed by atoms with Gasteiger partial charge in [-0.1, -0.05) is 49.4 Å². The second-order valence-corrected chi connectivity index (χ2v) is 8.69. The van der Waals surface area contributed by atoms with Gasteiger partial charge in [-0.05, 0) is 62.8 Å². The van der Waals surface area contributed by atoms with Crippen molar-refractivity contribution in [3.63, 3.8) is 0 Å². The van der Waals surface area contributed by atoms with E-state index in [-0.39, 0.29) is 5.57 Å². The number of methoxy groups -OCH3 is 1. The van der Waals surface area contributed by atoms with Crippen LogP contribution in [0, 0.1) is 0 Å². The summed E-state index contributed by atoms with van der Waals surface area (Å²) < 4.78 is 11.3. The van der Waals surface area contributed by atoms with Gasteiger partial charge < -0.3 is 24.4 Å². The number of hydrogen-bond acceptors (Lipinski definition) is 6. The number of nitrogens with zero attached hydrogens (tertiary/aromatic N) is 2. The molecule has 0 bridgehead atoms. The highest BCUT2D eigenvalue weighted by molar-refractivity contribution is 6.14. The molecule has 0 spiro atoms. The van der Waals surface area contributed by atoms with Crippen molar-refractivity contribution >= 4 is 17.8 Å². The van der Waals surface area contributed by atoms with E-state index in [0.29, 0.717) is 36.6 Å². The van der Waals surface area contributed by atoms with Crippen LogP contribution >= 0.6 is 0 Å². The first-order valence-corrected chi connectivity index (χ1v) is 11.8. The number of carbonyl (C=O) groups excluding carboxylic acids is 2. The minimum absolute atomic E-state index is 0.0660. The van der Waals surface area contributed by atoms with Crippen LogP contribution in [-0.2, 0) is 9.59 Å². The maximum absolute atomic E-state index is 13.3. The molecule has 1 atom stereocenters. The molecule has 35 heavy (non-hydrogen) atoms. The lowest BCUT2D eigenvalue weighted by atomic mass is 9.95. The van der Waals surface area contributed by atoms with E-state index in [1.54, 1.807) is 30.2 Å². The first-order valence-electron chi connectivity index (χ1n) is 11.8. The van der Waals surface area contributed by atoms with Gasteiger partial charge in [-0.25, -0.2) is 0 Å². The predicted molar refractivity (Wildman–Crippen MR) is 137 cm³/mol. The molecule has 1 heterocycles. The lowest BCUT2D eigenvalue weighted by Crippen LogP contribution is -2.33. The Morgan fingerprint density at radius 1 is 1.14 bits per heavy atom. The number of ketones is 1. The van der Waals surface area contributed by atoms with E-state index in [0.717, 1.165) is 18.5 Å². The van der Waals surface area contributed by atoms with Crippen molar-refractivity contribution < 1.29 is 24.2 Å². The Labute approximate surface area is 207 Å². The van der Waals surface area contributed by atoms with Crippen LogP contribution in [0.15, 0.2) is 65.9 Å². The maximum atomic E-state index is 13.3. The zero-order chi connectivity index (χ0) is 25.4. The van der Waals surface area contributed by atoms with Crippen LogP contribution in [-0.4, -0.2) is 67.5 Å². The quantitative estimate of drug-likeness (QED) is 0.455. The Balaban J connectivity index is 1.99. The van der Waals surface area contributed by atoms with Gasteiger partial charge in [-0.3, -0.25) is 9.59 Å². The van der Waals surface area contributed by atoms with Crippen LogP contribution in [0.3, 0.4) is 0 Å². The Kier molecular flexibility index (Phi) is 9.09. The Hall–Kier alpha value is -3.58. The highest BCUT2D eigenvalue weighted by atomic mass is 16.5. The number of rotatable bonds is 12. The smallest absolute Gasteiger partial charge is 0.290 e. The molecule has 7 heteroatoms. The van der Waals surface area contributed by atoms with Gasteiger partial charge in [0.15, 0.2) is 23.0 Å². The number of aliphatic hydroxyl groups excluding tert-OH is 1. The summed E-state index contributed by atoms with van der Waals surface area (Å²) in [5.74, 6) is -0.366. The molecule has 0 fully saturated rings. The minimum Gasteiger partial charge on any atom is -0.503 e. The second-order valence-electron chi connectivity index (χ2n) is 8.69. The molecule has 0 aromatic heterocycles. The highest BCUT2D eigenvalue weighted by Gasteiger charge is 2.42. The average Bonchev–Trinajstić information content (AvgIpc) is 3.11. The Morgan fingerprint density at radius 3 is 2.54 bits per heavy atom. The van der Waals surface area contributed by atoms with Gasteiger partial charge in [0.05, 0.1) is 25.3 Å². The van der Waals surface area contributed by atoms with E-state index in [2.05, 4.69) is 0 Å². The monoisotopic (exact) mass is 478 g/mol. The van der Waals surface area contributed by atoms with E-state index < -0.39 is 23.5 Å². The number of hydrogen-bond donors (Lipinski definition) is 1. The van der Waals surface area contributed by atoms with Gasteiger partial charge >= 0.3 is 0 Å². The van der Waals surface area contributed by atoms with Gasteiger partial charge in [0.25, 0.3) is 5.91 Å². The van der Waals surface area contributed by atoms with Crippen LogP contribution in [0.25, 0.3) is 6.08 Å². The Morgan fingerprint density at radius 2 is 1.89 bits per heavy atom. The summed E-state index contributed by atoms with van der Waals surface area (Å²) in [4.78, 5) is 30.0. The van der Waals surface area contributed by atoms with Crippen LogP contribution in [0.4, 0.5) is 0 Å². The van der Waals surface area contributed by atoms with Crippen molar-refractivity contribution in [3.8, 4) is 11.5 Å². The molecule has 0 saturated heterocycles. The molecule has 1 aliphatic rings. The molecule has 1 N–H and O–H groups in total. The van der Waals surface area contributed by atoms with E-state index in [9.17, 15) is 14.7 Å². The summed E-state index contributed by atoms with van der Waals surface area (Å²) in [6.45, 7) is 3.72. The van der Waals surface area contributed by atoms with E-state index in [4.69, 9.17) is 9.47 Å². The summed E-state index contributed by atoms with van der Waals surface area (Å²) >= 11 is 0. The van der Waals surface area contributed by atoms with Crippen LogP contribution < -0.4 is 9.47 Å². The topological polar surface area (TPSA) is 79.3 Å². The highest BCUT2D eigenvalue weighted by Crippen LogP contribution is 2.41. The maximum Gasteiger partial charge on any atom is 0.290 e. The number of carbonyl (C=O) groups is 2.